The maximum absolute atomic E-state index is 12.6. The number of benzene rings is 1. The van der Waals surface area contributed by atoms with Gasteiger partial charge in [0.05, 0.1) is 18.2 Å². The maximum Gasteiger partial charge on any atom is 0.244 e. The van der Waals surface area contributed by atoms with Crippen molar-refractivity contribution < 1.29 is 13.2 Å². The first kappa shape index (κ1) is 14.7. The monoisotopic (exact) mass is 304 g/mol. The first-order valence-electron chi connectivity index (χ1n) is 6.05. The topological polar surface area (TPSA) is 72.6 Å². The predicted octanol–water partition coefficient (Wildman–Crippen LogP) is 1.21. The first-order chi connectivity index (χ1) is 8.96. The molecular weight excluding hydrogens is 288 g/mol. The van der Waals surface area contributed by atoms with Crippen LogP contribution in [0.3, 0.4) is 0 Å². The highest BCUT2D eigenvalue weighted by Crippen LogP contribution is 2.27. The Balaban J connectivity index is 2.43. The lowest BCUT2D eigenvalue weighted by Gasteiger charge is -2.32. The van der Waals surface area contributed by atoms with Gasteiger partial charge < -0.3 is 10.5 Å². The molecule has 1 aliphatic heterocycles. The molecule has 2 N–H and O–H groups in total. The molecule has 0 radical (unpaired) electrons. The van der Waals surface area contributed by atoms with Gasteiger partial charge in [-0.25, -0.2) is 8.42 Å². The molecule has 0 saturated carbocycles. The van der Waals surface area contributed by atoms with Crippen molar-refractivity contribution in [3.05, 3.63) is 28.8 Å². The Bertz CT molecular complexity index is 562. The lowest BCUT2D eigenvalue weighted by molar-refractivity contribution is 0.0393. The Labute approximate surface area is 118 Å². The molecule has 0 bridgehead atoms. The van der Waals surface area contributed by atoms with Crippen molar-refractivity contribution in [1.82, 2.24) is 4.31 Å². The number of hydrogen-bond donors (Lipinski definition) is 1. The molecule has 1 aromatic rings. The van der Waals surface area contributed by atoms with E-state index in [4.69, 9.17) is 22.1 Å². The largest absolute Gasteiger partial charge is 0.378 e. The molecule has 0 spiro atoms. The van der Waals surface area contributed by atoms with Gasteiger partial charge in [0, 0.05) is 19.1 Å². The standard InChI is InChI=1S/C12H17ClN2O3S/c1-9-8-18-5-4-15(9)19(16,17)12-6-10(7-14)2-3-11(12)13/h2-3,6,9H,4-5,7-8,14H2,1H3. The van der Waals surface area contributed by atoms with E-state index in [1.165, 1.54) is 4.31 Å². The number of nitrogens with two attached hydrogens (primary N) is 1. The summed E-state index contributed by atoms with van der Waals surface area (Å²) in [5.74, 6) is 0. The lowest BCUT2D eigenvalue weighted by atomic mass is 10.2. The van der Waals surface area contributed by atoms with Gasteiger partial charge in [-0.05, 0) is 24.6 Å². The molecule has 1 fully saturated rings. The molecule has 106 valence electrons. The van der Waals surface area contributed by atoms with Crippen LogP contribution in [-0.2, 0) is 21.3 Å². The van der Waals surface area contributed by atoms with Crippen LogP contribution in [0.4, 0.5) is 0 Å². The van der Waals surface area contributed by atoms with Gasteiger partial charge in [0.15, 0.2) is 0 Å². The highest BCUT2D eigenvalue weighted by molar-refractivity contribution is 7.89. The molecule has 0 aromatic heterocycles. The maximum atomic E-state index is 12.6. The summed E-state index contributed by atoms with van der Waals surface area (Å²) in [6.07, 6.45) is 0. The van der Waals surface area contributed by atoms with E-state index in [1.54, 1.807) is 18.2 Å². The second-order valence-electron chi connectivity index (χ2n) is 4.51. The Hall–Kier alpha value is -0.660. The lowest BCUT2D eigenvalue weighted by Crippen LogP contribution is -2.47. The summed E-state index contributed by atoms with van der Waals surface area (Å²) in [7, 11) is -3.61. The second-order valence-corrected chi connectivity index (χ2v) is 6.77. The summed E-state index contributed by atoms with van der Waals surface area (Å²) in [4.78, 5) is 0.117. The molecular formula is C12H17ClN2O3S. The summed E-state index contributed by atoms with van der Waals surface area (Å²) in [5, 5.41) is 0.218. The van der Waals surface area contributed by atoms with Crippen molar-refractivity contribution in [3.63, 3.8) is 0 Å². The fourth-order valence-corrected chi connectivity index (χ4v) is 4.19. The number of morpholine rings is 1. The fourth-order valence-electron chi connectivity index (χ4n) is 2.07. The molecule has 1 aliphatic rings. The molecule has 2 rings (SSSR count). The van der Waals surface area contributed by atoms with E-state index in [0.29, 0.717) is 19.8 Å². The number of ether oxygens (including phenoxy) is 1. The first-order valence-corrected chi connectivity index (χ1v) is 7.86. The Morgan fingerprint density at radius 3 is 2.89 bits per heavy atom. The molecule has 1 atom stereocenters. The number of halogens is 1. The van der Waals surface area contributed by atoms with Gasteiger partial charge >= 0.3 is 0 Å². The number of sulfonamides is 1. The molecule has 1 saturated heterocycles. The molecule has 5 nitrogen and oxygen atoms in total. The van der Waals surface area contributed by atoms with Gasteiger partial charge in [0.1, 0.15) is 4.90 Å². The Kier molecular flexibility index (Phi) is 4.47. The molecule has 1 aromatic carbocycles. The van der Waals surface area contributed by atoms with E-state index in [-0.39, 0.29) is 22.5 Å². The van der Waals surface area contributed by atoms with Gasteiger partial charge in [-0.3, -0.25) is 0 Å². The molecule has 0 amide bonds. The highest BCUT2D eigenvalue weighted by Gasteiger charge is 2.32. The van der Waals surface area contributed by atoms with Gasteiger partial charge in [-0.1, -0.05) is 17.7 Å². The minimum atomic E-state index is -3.61. The summed E-state index contributed by atoms with van der Waals surface area (Å²) in [6.45, 7) is 3.23. The zero-order valence-corrected chi connectivity index (χ0v) is 12.2. The van der Waals surface area contributed by atoms with Crippen LogP contribution >= 0.6 is 11.6 Å². The van der Waals surface area contributed by atoms with Crippen molar-refractivity contribution in [3.8, 4) is 0 Å². The van der Waals surface area contributed by atoms with Crippen molar-refractivity contribution in [1.29, 1.82) is 0 Å². The van der Waals surface area contributed by atoms with Gasteiger partial charge in [-0.2, -0.15) is 4.31 Å². The van der Waals surface area contributed by atoms with E-state index < -0.39 is 10.0 Å². The normalized spacial score (nSPS) is 21.5. The summed E-state index contributed by atoms with van der Waals surface area (Å²) < 4.78 is 32.0. The number of nitrogens with zero attached hydrogens (tertiary/aromatic N) is 1. The van der Waals surface area contributed by atoms with Crippen molar-refractivity contribution in [2.45, 2.75) is 24.4 Å². The van der Waals surface area contributed by atoms with Gasteiger partial charge in [-0.15, -0.1) is 0 Å². The van der Waals surface area contributed by atoms with Gasteiger partial charge in [0.25, 0.3) is 0 Å². The van der Waals surface area contributed by atoms with E-state index >= 15 is 0 Å². The van der Waals surface area contributed by atoms with E-state index in [0.717, 1.165) is 5.56 Å². The van der Waals surface area contributed by atoms with Crippen molar-refractivity contribution in [2.75, 3.05) is 19.8 Å². The zero-order chi connectivity index (χ0) is 14.0. The second kappa shape index (κ2) is 5.76. The minimum absolute atomic E-state index is 0.117. The van der Waals surface area contributed by atoms with E-state index in [2.05, 4.69) is 0 Å². The third kappa shape index (κ3) is 2.93. The zero-order valence-electron chi connectivity index (χ0n) is 10.7. The van der Waals surface area contributed by atoms with Crippen molar-refractivity contribution >= 4 is 21.6 Å². The minimum Gasteiger partial charge on any atom is -0.378 e. The summed E-state index contributed by atoms with van der Waals surface area (Å²) >= 11 is 6.03. The Morgan fingerprint density at radius 2 is 2.26 bits per heavy atom. The average molecular weight is 305 g/mol. The molecule has 19 heavy (non-hydrogen) atoms. The third-order valence-electron chi connectivity index (χ3n) is 3.12. The van der Waals surface area contributed by atoms with Crippen LogP contribution in [0.15, 0.2) is 23.1 Å². The summed E-state index contributed by atoms with van der Waals surface area (Å²) in [6, 6.07) is 4.64. The van der Waals surface area contributed by atoms with Crippen LogP contribution in [-0.4, -0.2) is 38.5 Å². The van der Waals surface area contributed by atoms with Crippen LogP contribution in [0.1, 0.15) is 12.5 Å². The van der Waals surface area contributed by atoms with Crippen LogP contribution in [0, 0.1) is 0 Å². The number of rotatable bonds is 3. The van der Waals surface area contributed by atoms with Crippen LogP contribution in [0.5, 0.6) is 0 Å². The Morgan fingerprint density at radius 1 is 1.53 bits per heavy atom. The van der Waals surface area contributed by atoms with Crippen LogP contribution in [0.25, 0.3) is 0 Å². The molecule has 0 aliphatic carbocycles. The summed E-state index contributed by atoms with van der Waals surface area (Å²) in [5.41, 5.74) is 6.29. The quantitative estimate of drug-likeness (QED) is 0.911. The molecule has 1 heterocycles. The average Bonchev–Trinajstić information content (AvgIpc) is 2.39. The smallest absolute Gasteiger partial charge is 0.244 e. The van der Waals surface area contributed by atoms with E-state index in [1.807, 2.05) is 6.92 Å². The molecule has 1 unspecified atom stereocenters. The fraction of sp³-hybridized carbons (Fsp3) is 0.500. The predicted molar refractivity (Wildman–Crippen MR) is 73.5 cm³/mol. The SMILES string of the molecule is CC1COCCN1S(=O)(=O)c1cc(CN)ccc1Cl. The third-order valence-corrected chi connectivity index (χ3v) is 5.62. The van der Waals surface area contributed by atoms with Crippen molar-refractivity contribution in [2.24, 2.45) is 5.73 Å². The van der Waals surface area contributed by atoms with E-state index in [9.17, 15) is 8.42 Å². The van der Waals surface area contributed by atoms with Gasteiger partial charge in [0.2, 0.25) is 10.0 Å². The number of hydrogen-bond acceptors (Lipinski definition) is 4. The highest BCUT2D eigenvalue weighted by atomic mass is 35.5. The molecule has 7 heteroatoms. The van der Waals surface area contributed by atoms with Crippen LogP contribution < -0.4 is 5.73 Å². The van der Waals surface area contributed by atoms with Crippen LogP contribution in [0.2, 0.25) is 5.02 Å².